The van der Waals surface area contributed by atoms with Gasteiger partial charge in [-0.1, -0.05) is 23.9 Å². The van der Waals surface area contributed by atoms with E-state index in [1.54, 1.807) is 7.11 Å². The summed E-state index contributed by atoms with van der Waals surface area (Å²) in [5, 5.41) is 7.48. The highest BCUT2D eigenvalue weighted by Crippen LogP contribution is 2.25. The van der Waals surface area contributed by atoms with Crippen molar-refractivity contribution in [3.05, 3.63) is 24.3 Å². The van der Waals surface area contributed by atoms with Gasteiger partial charge in [-0.25, -0.2) is 0 Å². The smallest absolute Gasteiger partial charge is 0.193 e. The van der Waals surface area contributed by atoms with Crippen LogP contribution in [0.15, 0.2) is 29.3 Å². The first-order valence-electron chi connectivity index (χ1n) is 5.20. The lowest BCUT2D eigenvalue weighted by atomic mass is 10.3. The molecule has 0 bridgehead atoms. The van der Waals surface area contributed by atoms with E-state index < -0.39 is 0 Å². The lowest BCUT2D eigenvalue weighted by Crippen LogP contribution is -2.23. The van der Waals surface area contributed by atoms with Gasteiger partial charge in [0.15, 0.2) is 22.6 Å². The van der Waals surface area contributed by atoms with Crippen molar-refractivity contribution in [2.24, 2.45) is 16.5 Å². The zero-order chi connectivity index (χ0) is 13.4. The fraction of sp³-hybridized carbons (Fsp3) is 0.273. The molecule has 0 saturated carbocycles. The summed E-state index contributed by atoms with van der Waals surface area (Å²) in [5.74, 6) is 1.82. The fourth-order valence-corrected chi connectivity index (χ4v) is 1.71. The van der Waals surface area contributed by atoms with Gasteiger partial charge >= 0.3 is 0 Å². The maximum Gasteiger partial charge on any atom is 0.193 e. The second-order valence-corrected chi connectivity index (χ2v) is 4.27. The van der Waals surface area contributed by atoms with Crippen molar-refractivity contribution in [1.29, 1.82) is 5.41 Å². The molecule has 5 N–H and O–H groups in total. The van der Waals surface area contributed by atoms with Crippen LogP contribution in [-0.2, 0) is 0 Å². The van der Waals surface area contributed by atoms with Crippen molar-refractivity contribution in [2.45, 2.75) is 0 Å². The van der Waals surface area contributed by atoms with Crippen LogP contribution in [0, 0.1) is 5.41 Å². The second-order valence-electron chi connectivity index (χ2n) is 3.19. The number of nitrogens with zero attached hydrogens (tertiary/aromatic N) is 1. The molecule has 0 unspecified atom stereocenters. The van der Waals surface area contributed by atoms with E-state index in [2.05, 4.69) is 4.99 Å². The first kappa shape index (κ1) is 14.2. The lowest BCUT2D eigenvalue weighted by Gasteiger charge is -2.09. The van der Waals surface area contributed by atoms with Crippen molar-refractivity contribution in [3.63, 3.8) is 0 Å². The highest BCUT2D eigenvalue weighted by molar-refractivity contribution is 8.13. The van der Waals surface area contributed by atoms with E-state index in [0.29, 0.717) is 23.9 Å². The molecule has 1 rings (SSSR count). The number of hydrogen-bond donors (Lipinski definition) is 3. The molecule has 6 nitrogen and oxygen atoms in total. The molecule has 18 heavy (non-hydrogen) atoms. The molecular formula is C11H16N4O2S. The topological polar surface area (TPSA) is 107 Å². The number of methoxy groups -OCH3 is 1. The molecule has 0 aromatic heterocycles. The molecule has 0 spiro atoms. The summed E-state index contributed by atoms with van der Waals surface area (Å²) in [7, 11) is 1.59. The third kappa shape index (κ3) is 4.96. The fourth-order valence-electron chi connectivity index (χ4n) is 1.18. The van der Waals surface area contributed by atoms with Gasteiger partial charge in [0.05, 0.1) is 13.7 Å². The Morgan fingerprint density at radius 3 is 2.61 bits per heavy atom. The van der Waals surface area contributed by atoms with Crippen molar-refractivity contribution < 1.29 is 9.47 Å². The van der Waals surface area contributed by atoms with Gasteiger partial charge in [0.25, 0.3) is 0 Å². The molecule has 0 radical (unpaired) electrons. The maximum absolute atomic E-state index is 7.42. The van der Waals surface area contributed by atoms with Crippen LogP contribution in [0.3, 0.4) is 0 Å². The molecule has 0 heterocycles. The molecule has 0 aliphatic carbocycles. The monoisotopic (exact) mass is 268 g/mol. The van der Waals surface area contributed by atoms with Crippen LogP contribution in [0.4, 0.5) is 0 Å². The first-order valence-corrected chi connectivity index (χ1v) is 6.19. The number of benzene rings is 1. The predicted molar refractivity (Wildman–Crippen MR) is 74.5 cm³/mol. The van der Waals surface area contributed by atoms with Crippen molar-refractivity contribution in [1.82, 2.24) is 0 Å². The standard InChI is InChI=1S/C11H16N4O2S/c1-16-8-4-2-3-5-9(8)17-6-7-18-11(14)15-10(12)13/h2-5H,6-7H2,1H3,(H5,12,13,14,15). The molecule has 98 valence electrons. The molecular weight excluding hydrogens is 252 g/mol. The Morgan fingerprint density at radius 1 is 1.33 bits per heavy atom. The largest absolute Gasteiger partial charge is 0.493 e. The molecule has 7 heteroatoms. The normalized spacial score (nSPS) is 9.61. The van der Waals surface area contributed by atoms with Crippen molar-refractivity contribution in [2.75, 3.05) is 19.5 Å². The number of thioether (sulfide) groups is 1. The number of rotatable bonds is 5. The number of para-hydroxylation sites is 2. The number of hydrogen-bond acceptors (Lipinski definition) is 4. The third-order valence-corrected chi connectivity index (χ3v) is 2.61. The van der Waals surface area contributed by atoms with Gasteiger partial charge in [-0.15, -0.1) is 0 Å². The SMILES string of the molecule is COc1ccccc1OCCSC(=N)N=C(N)N. The molecule has 0 saturated heterocycles. The van der Waals surface area contributed by atoms with Gasteiger partial charge in [0, 0.05) is 5.75 Å². The predicted octanol–water partition coefficient (Wildman–Crippen LogP) is 1.02. The van der Waals surface area contributed by atoms with E-state index >= 15 is 0 Å². The highest BCUT2D eigenvalue weighted by Gasteiger charge is 2.02. The number of nitrogens with two attached hydrogens (primary N) is 2. The van der Waals surface area contributed by atoms with Crippen molar-refractivity contribution >= 4 is 22.9 Å². The Bertz CT molecular complexity index is 433. The first-order chi connectivity index (χ1) is 8.63. The number of ether oxygens (including phenoxy) is 2. The minimum Gasteiger partial charge on any atom is -0.493 e. The zero-order valence-electron chi connectivity index (χ0n) is 10.1. The highest BCUT2D eigenvalue weighted by atomic mass is 32.2. The summed E-state index contributed by atoms with van der Waals surface area (Å²) in [6, 6.07) is 7.39. The summed E-state index contributed by atoms with van der Waals surface area (Å²) in [6.07, 6.45) is 0. The summed E-state index contributed by atoms with van der Waals surface area (Å²) < 4.78 is 10.7. The van der Waals surface area contributed by atoms with E-state index in [4.69, 9.17) is 26.4 Å². The Labute approximate surface area is 110 Å². The molecule has 1 aromatic rings. The summed E-state index contributed by atoms with van der Waals surface area (Å²) in [6.45, 7) is 0.438. The molecule has 0 aliphatic heterocycles. The quantitative estimate of drug-likeness (QED) is 0.420. The van der Waals surface area contributed by atoms with E-state index in [9.17, 15) is 0 Å². The van der Waals surface area contributed by atoms with Gasteiger partial charge in [0.1, 0.15) is 0 Å². The summed E-state index contributed by atoms with van der Waals surface area (Å²) >= 11 is 1.21. The summed E-state index contributed by atoms with van der Waals surface area (Å²) in [5.41, 5.74) is 10.3. The van der Waals surface area contributed by atoms with Crippen LogP contribution in [0.25, 0.3) is 0 Å². The third-order valence-electron chi connectivity index (χ3n) is 1.88. The number of nitrogens with one attached hydrogen (secondary N) is 1. The molecule has 1 aromatic carbocycles. The van der Waals surface area contributed by atoms with Crippen LogP contribution >= 0.6 is 11.8 Å². The maximum atomic E-state index is 7.42. The minimum atomic E-state index is -0.113. The van der Waals surface area contributed by atoms with E-state index in [-0.39, 0.29) is 11.1 Å². The van der Waals surface area contributed by atoms with Crippen LogP contribution in [0.2, 0.25) is 0 Å². The van der Waals surface area contributed by atoms with Crippen molar-refractivity contribution in [3.8, 4) is 11.5 Å². The Hall–Kier alpha value is -1.89. The molecule has 0 atom stereocenters. The van der Waals surface area contributed by atoms with E-state index in [1.807, 2.05) is 24.3 Å². The zero-order valence-corrected chi connectivity index (χ0v) is 10.9. The average Bonchev–Trinajstić information content (AvgIpc) is 2.34. The Morgan fingerprint density at radius 2 is 2.00 bits per heavy atom. The van der Waals surface area contributed by atoms with Gasteiger partial charge < -0.3 is 20.9 Å². The average molecular weight is 268 g/mol. The van der Waals surface area contributed by atoms with Gasteiger partial charge in [-0.05, 0) is 12.1 Å². The minimum absolute atomic E-state index is 0.0682. The number of guanidine groups is 1. The lowest BCUT2D eigenvalue weighted by molar-refractivity contribution is 0.314. The molecule has 0 amide bonds. The number of amidine groups is 1. The molecule has 0 fully saturated rings. The molecule has 0 aliphatic rings. The van der Waals surface area contributed by atoms with Crippen LogP contribution in [-0.4, -0.2) is 30.6 Å². The van der Waals surface area contributed by atoms with E-state index in [1.165, 1.54) is 11.8 Å². The van der Waals surface area contributed by atoms with Gasteiger partial charge in [-0.2, -0.15) is 4.99 Å². The van der Waals surface area contributed by atoms with Gasteiger partial charge in [-0.3, -0.25) is 5.41 Å². The van der Waals surface area contributed by atoms with E-state index in [0.717, 1.165) is 0 Å². The number of aliphatic imine (C=N–C) groups is 1. The van der Waals surface area contributed by atoms with Crippen LogP contribution < -0.4 is 20.9 Å². The van der Waals surface area contributed by atoms with Crippen LogP contribution in [0.1, 0.15) is 0 Å². The Balaban J connectivity index is 2.34. The van der Waals surface area contributed by atoms with Gasteiger partial charge in [0.2, 0.25) is 0 Å². The Kier molecular flexibility index (Phi) is 5.86. The van der Waals surface area contributed by atoms with Crippen LogP contribution in [0.5, 0.6) is 11.5 Å². The summed E-state index contributed by atoms with van der Waals surface area (Å²) in [4.78, 5) is 3.59. The second kappa shape index (κ2) is 7.44.